The summed E-state index contributed by atoms with van der Waals surface area (Å²) in [6.45, 7) is 8.92. The Morgan fingerprint density at radius 3 is 2.50 bits per heavy atom. The fraction of sp³-hybridized carbons (Fsp3) is 0.538. The molecule has 1 aromatic carbocycles. The van der Waals surface area contributed by atoms with Crippen LogP contribution in [0.25, 0.3) is 0 Å². The van der Waals surface area contributed by atoms with E-state index in [0.717, 1.165) is 27.8 Å². The van der Waals surface area contributed by atoms with Gasteiger partial charge in [0.05, 0.1) is 11.1 Å². The average Bonchev–Trinajstić information content (AvgIpc) is 2.22. The molecule has 1 aromatic rings. The molecule has 0 saturated heterocycles. The quantitative estimate of drug-likeness (QED) is 0.741. The molecule has 104 valence electrons. The number of nitrogens with one attached hydrogen (secondary N) is 1. The Kier molecular flexibility index (Phi) is 9.30. The van der Waals surface area contributed by atoms with Gasteiger partial charge in [0.2, 0.25) is 0 Å². The highest BCUT2D eigenvalue weighted by atomic mass is 79.9. The first-order chi connectivity index (χ1) is 8.04. The molecule has 1 N–H and O–H groups in total. The van der Waals surface area contributed by atoms with Gasteiger partial charge in [-0.05, 0) is 47.4 Å². The largest absolute Gasteiger partial charge is 0.492 e. The van der Waals surface area contributed by atoms with Crippen LogP contribution in [0.5, 0.6) is 5.75 Å². The Bertz CT molecular complexity index is 372. The first-order valence-electron chi connectivity index (χ1n) is 5.86. The maximum atomic E-state index is 5.67. The molecular formula is C13H20Br2ClNO. The maximum absolute atomic E-state index is 5.67. The smallest absolute Gasteiger partial charge is 0.138 e. The lowest BCUT2D eigenvalue weighted by atomic mass is 10.2. The second kappa shape index (κ2) is 9.18. The molecule has 2 nitrogen and oxygen atoms in total. The zero-order valence-electron chi connectivity index (χ0n) is 10.9. The van der Waals surface area contributed by atoms with Crippen molar-refractivity contribution in [3.05, 3.63) is 26.6 Å². The molecule has 0 heterocycles. The molecule has 0 spiro atoms. The van der Waals surface area contributed by atoms with Crippen molar-refractivity contribution in [1.82, 2.24) is 5.32 Å². The van der Waals surface area contributed by atoms with Gasteiger partial charge in [0.1, 0.15) is 5.75 Å². The standard InChI is InChI=1S/C13H19Br2NO.ClH/c1-4-17-13-10(8-16-7-9(2)3)5-11(14)6-12(13)15;/h5-6,9,16H,4,7-8H2,1-3H3;1H. The Hall–Kier alpha value is 0.230. The summed E-state index contributed by atoms with van der Waals surface area (Å²) in [4.78, 5) is 0. The number of hydrogen-bond acceptors (Lipinski definition) is 2. The van der Waals surface area contributed by atoms with Crippen LogP contribution in [0.3, 0.4) is 0 Å². The molecule has 0 atom stereocenters. The Balaban J connectivity index is 0.00000289. The number of halogens is 3. The number of ether oxygens (including phenoxy) is 1. The summed E-state index contributed by atoms with van der Waals surface area (Å²) >= 11 is 7.04. The van der Waals surface area contributed by atoms with Crippen LogP contribution in [0.1, 0.15) is 26.3 Å². The zero-order chi connectivity index (χ0) is 12.8. The van der Waals surface area contributed by atoms with E-state index in [9.17, 15) is 0 Å². The summed E-state index contributed by atoms with van der Waals surface area (Å²) in [5.74, 6) is 1.59. The predicted octanol–water partition coefficient (Wildman–Crippen LogP) is 4.78. The third kappa shape index (κ3) is 5.91. The SMILES string of the molecule is CCOc1c(Br)cc(Br)cc1CNCC(C)C.Cl. The van der Waals surface area contributed by atoms with E-state index in [2.05, 4.69) is 57.1 Å². The molecule has 0 aliphatic carbocycles. The number of rotatable bonds is 6. The van der Waals surface area contributed by atoms with Crippen LogP contribution in [0.4, 0.5) is 0 Å². The Morgan fingerprint density at radius 1 is 1.28 bits per heavy atom. The van der Waals surface area contributed by atoms with Gasteiger partial charge in [0, 0.05) is 16.6 Å². The summed E-state index contributed by atoms with van der Waals surface area (Å²) < 4.78 is 7.73. The predicted molar refractivity (Wildman–Crippen MR) is 86.8 cm³/mol. The monoisotopic (exact) mass is 399 g/mol. The van der Waals surface area contributed by atoms with Crippen molar-refractivity contribution in [2.24, 2.45) is 5.92 Å². The van der Waals surface area contributed by atoms with E-state index in [4.69, 9.17) is 4.74 Å². The molecule has 1 rings (SSSR count). The van der Waals surface area contributed by atoms with Gasteiger partial charge in [-0.15, -0.1) is 12.4 Å². The van der Waals surface area contributed by atoms with Crippen molar-refractivity contribution < 1.29 is 4.74 Å². The van der Waals surface area contributed by atoms with Crippen molar-refractivity contribution >= 4 is 44.3 Å². The van der Waals surface area contributed by atoms with Gasteiger partial charge in [-0.1, -0.05) is 29.8 Å². The van der Waals surface area contributed by atoms with Crippen LogP contribution >= 0.6 is 44.3 Å². The summed E-state index contributed by atoms with van der Waals surface area (Å²) in [5.41, 5.74) is 1.17. The van der Waals surface area contributed by atoms with E-state index in [1.165, 1.54) is 5.56 Å². The van der Waals surface area contributed by atoms with E-state index in [0.29, 0.717) is 12.5 Å². The van der Waals surface area contributed by atoms with Crippen molar-refractivity contribution in [1.29, 1.82) is 0 Å². The van der Waals surface area contributed by atoms with Crippen LogP contribution in [-0.2, 0) is 6.54 Å². The van der Waals surface area contributed by atoms with E-state index in [-0.39, 0.29) is 12.4 Å². The second-order valence-corrected chi connectivity index (χ2v) is 6.10. The van der Waals surface area contributed by atoms with E-state index < -0.39 is 0 Å². The van der Waals surface area contributed by atoms with Gasteiger partial charge < -0.3 is 10.1 Å². The first kappa shape index (κ1) is 18.2. The summed E-state index contributed by atoms with van der Waals surface area (Å²) in [6.07, 6.45) is 0. The first-order valence-corrected chi connectivity index (χ1v) is 7.44. The second-order valence-electron chi connectivity index (χ2n) is 4.33. The third-order valence-corrected chi connectivity index (χ3v) is 3.29. The van der Waals surface area contributed by atoms with Gasteiger partial charge >= 0.3 is 0 Å². The van der Waals surface area contributed by atoms with Crippen LogP contribution in [0.2, 0.25) is 0 Å². The van der Waals surface area contributed by atoms with Crippen LogP contribution < -0.4 is 10.1 Å². The summed E-state index contributed by atoms with van der Waals surface area (Å²) in [7, 11) is 0. The fourth-order valence-corrected chi connectivity index (χ4v) is 2.97. The molecule has 18 heavy (non-hydrogen) atoms. The molecule has 0 aliphatic heterocycles. The van der Waals surface area contributed by atoms with E-state index >= 15 is 0 Å². The van der Waals surface area contributed by atoms with E-state index in [1.54, 1.807) is 0 Å². The van der Waals surface area contributed by atoms with Crippen molar-refractivity contribution in [3.8, 4) is 5.75 Å². The minimum atomic E-state index is 0. The molecule has 0 unspecified atom stereocenters. The molecule has 0 aromatic heterocycles. The van der Waals surface area contributed by atoms with E-state index in [1.807, 2.05) is 13.0 Å². The van der Waals surface area contributed by atoms with Gasteiger partial charge in [-0.3, -0.25) is 0 Å². The molecule has 0 amide bonds. The highest BCUT2D eigenvalue weighted by Crippen LogP contribution is 2.32. The third-order valence-electron chi connectivity index (χ3n) is 2.24. The normalized spacial score (nSPS) is 10.3. The molecule has 0 saturated carbocycles. The lowest BCUT2D eigenvalue weighted by molar-refractivity contribution is 0.333. The molecule has 0 radical (unpaired) electrons. The van der Waals surface area contributed by atoms with Crippen molar-refractivity contribution in [3.63, 3.8) is 0 Å². The average molecular weight is 402 g/mol. The van der Waals surface area contributed by atoms with Gasteiger partial charge in [0.25, 0.3) is 0 Å². The highest BCUT2D eigenvalue weighted by Gasteiger charge is 2.09. The molecular weight excluding hydrogens is 381 g/mol. The van der Waals surface area contributed by atoms with Crippen LogP contribution in [0.15, 0.2) is 21.1 Å². The number of hydrogen-bond donors (Lipinski definition) is 1. The van der Waals surface area contributed by atoms with Crippen molar-refractivity contribution in [2.45, 2.75) is 27.3 Å². The minimum Gasteiger partial charge on any atom is -0.492 e. The highest BCUT2D eigenvalue weighted by molar-refractivity contribution is 9.11. The Morgan fingerprint density at radius 2 is 1.94 bits per heavy atom. The zero-order valence-corrected chi connectivity index (χ0v) is 14.9. The van der Waals surface area contributed by atoms with Gasteiger partial charge in [0.15, 0.2) is 0 Å². The lowest BCUT2D eigenvalue weighted by Crippen LogP contribution is -2.19. The minimum absolute atomic E-state index is 0. The Labute approximate surface area is 133 Å². The number of benzene rings is 1. The van der Waals surface area contributed by atoms with Crippen molar-refractivity contribution in [2.75, 3.05) is 13.2 Å². The summed E-state index contributed by atoms with van der Waals surface area (Å²) in [6, 6.07) is 4.11. The van der Waals surface area contributed by atoms with Gasteiger partial charge in [-0.2, -0.15) is 0 Å². The molecule has 0 fully saturated rings. The molecule has 0 bridgehead atoms. The van der Waals surface area contributed by atoms with Crippen LogP contribution in [-0.4, -0.2) is 13.2 Å². The molecule has 5 heteroatoms. The molecule has 0 aliphatic rings. The fourth-order valence-electron chi connectivity index (χ4n) is 1.55. The topological polar surface area (TPSA) is 21.3 Å². The maximum Gasteiger partial charge on any atom is 0.138 e. The lowest BCUT2D eigenvalue weighted by Gasteiger charge is -2.14. The van der Waals surface area contributed by atoms with Crippen LogP contribution in [0, 0.1) is 5.92 Å². The van der Waals surface area contributed by atoms with Gasteiger partial charge in [-0.25, -0.2) is 0 Å². The summed E-state index contributed by atoms with van der Waals surface area (Å²) in [5, 5.41) is 3.43.